The second-order valence-corrected chi connectivity index (χ2v) is 7.82. The monoisotopic (exact) mass is 510 g/mol. The summed E-state index contributed by atoms with van der Waals surface area (Å²) in [5.41, 5.74) is 2.25. The van der Waals surface area contributed by atoms with Gasteiger partial charge in [-0.1, -0.05) is 68.3 Å². The molecule has 0 aliphatic rings. The maximum Gasteiger partial charge on any atom is 0.266 e. The highest BCUT2D eigenvalue weighted by molar-refractivity contribution is 9.10. The predicted octanol–water partition coefficient (Wildman–Crippen LogP) is 6.34. The van der Waals surface area contributed by atoms with Crippen LogP contribution in [0, 0.1) is 11.3 Å². The summed E-state index contributed by atoms with van der Waals surface area (Å²) < 4.78 is 7.80. The van der Waals surface area contributed by atoms with E-state index in [0.29, 0.717) is 23.6 Å². The van der Waals surface area contributed by atoms with Crippen molar-refractivity contribution in [3.63, 3.8) is 0 Å². The number of nitriles is 1. The molecule has 0 aliphatic carbocycles. The Morgan fingerprint density at radius 1 is 1.00 bits per heavy atom. The van der Waals surface area contributed by atoms with Crippen molar-refractivity contribution < 1.29 is 9.53 Å². The Hall–Kier alpha value is -2.88. The van der Waals surface area contributed by atoms with Gasteiger partial charge in [-0.3, -0.25) is 4.79 Å². The van der Waals surface area contributed by atoms with Gasteiger partial charge in [0.2, 0.25) is 0 Å². The van der Waals surface area contributed by atoms with E-state index in [1.807, 2.05) is 60.7 Å². The van der Waals surface area contributed by atoms with Crippen LogP contribution in [0.3, 0.4) is 0 Å². The largest absolute Gasteiger partial charge is 0.488 e. The van der Waals surface area contributed by atoms with Crippen molar-refractivity contribution >= 4 is 49.5 Å². The van der Waals surface area contributed by atoms with Gasteiger partial charge in [-0.15, -0.1) is 0 Å². The van der Waals surface area contributed by atoms with Gasteiger partial charge in [-0.05, 0) is 42.5 Å². The molecule has 3 rings (SSSR count). The summed E-state index contributed by atoms with van der Waals surface area (Å²) in [7, 11) is 0. The second kappa shape index (κ2) is 10.1. The van der Waals surface area contributed by atoms with Gasteiger partial charge in [0.15, 0.2) is 0 Å². The number of amides is 1. The van der Waals surface area contributed by atoms with Crippen LogP contribution in [0.4, 0.5) is 5.69 Å². The molecule has 3 aromatic rings. The Balaban J connectivity index is 1.78. The van der Waals surface area contributed by atoms with Gasteiger partial charge in [0.25, 0.3) is 5.91 Å². The van der Waals surface area contributed by atoms with E-state index >= 15 is 0 Å². The number of carbonyl (C=O) groups is 1. The van der Waals surface area contributed by atoms with E-state index in [0.717, 1.165) is 14.5 Å². The lowest BCUT2D eigenvalue weighted by atomic mass is 10.1. The fourth-order valence-corrected chi connectivity index (χ4v) is 3.20. The summed E-state index contributed by atoms with van der Waals surface area (Å²) in [6, 6.07) is 24.2. The van der Waals surface area contributed by atoms with E-state index in [9.17, 15) is 10.1 Å². The van der Waals surface area contributed by atoms with E-state index in [4.69, 9.17) is 4.74 Å². The van der Waals surface area contributed by atoms with E-state index < -0.39 is 5.91 Å². The Morgan fingerprint density at radius 3 is 2.41 bits per heavy atom. The number of para-hydroxylation sites is 1. The van der Waals surface area contributed by atoms with Crippen LogP contribution in [0.5, 0.6) is 5.75 Å². The van der Waals surface area contributed by atoms with Crippen molar-refractivity contribution in [1.29, 1.82) is 5.26 Å². The third-order valence-electron chi connectivity index (χ3n) is 4.03. The zero-order valence-electron chi connectivity index (χ0n) is 15.2. The Bertz CT molecular complexity index is 1090. The summed E-state index contributed by atoms with van der Waals surface area (Å²) in [4.78, 5) is 12.5. The fraction of sp³-hybridized carbons (Fsp3) is 0.0435. The number of nitrogens with one attached hydrogen (secondary N) is 1. The molecule has 3 aromatic carbocycles. The van der Waals surface area contributed by atoms with Gasteiger partial charge in [-0.2, -0.15) is 5.26 Å². The van der Waals surface area contributed by atoms with Crippen LogP contribution < -0.4 is 10.1 Å². The highest BCUT2D eigenvalue weighted by Gasteiger charge is 2.12. The molecule has 1 N–H and O–H groups in total. The minimum atomic E-state index is -0.476. The molecule has 144 valence electrons. The summed E-state index contributed by atoms with van der Waals surface area (Å²) in [5, 5.41) is 12.2. The van der Waals surface area contributed by atoms with Crippen molar-refractivity contribution in [2.75, 3.05) is 5.32 Å². The molecule has 0 saturated heterocycles. The lowest BCUT2D eigenvalue weighted by molar-refractivity contribution is -0.112. The number of hydrogen-bond acceptors (Lipinski definition) is 3. The number of anilines is 1. The van der Waals surface area contributed by atoms with Crippen molar-refractivity contribution in [2.45, 2.75) is 6.61 Å². The minimum Gasteiger partial charge on any atom is -0.488 e. The highest BCUT2D eigenvalue weighted by atomic mass is 79.9. The van der Waals surface area contributed by atoms with E-state index in [1.165, 1.54) is 6.08 Å². The summed E-state index contributed by atoms with van der Waals surface area (Å²) in [6.45, 7) is 0.360. The number of carbonyl (C=O) groups excluding carboxylic acids is 1. The molecule has 0 aromatic heterocycles. The van der Waals surface area contributed by atoms with Gasteiger partial charge in [0, 0.05) is 25.8 Å². The summed E-state index contributed by atoms with van der Waals surface area (Å²) in [6.07, 6.45) is 1.53. The second-order valence-electron chi connectivity index (χ2n) is 6.05. The van der Waals surface area contributed by atoms with Crippen molar-refractivity contribution in [2.24, 2.45) is 0 Å². The number of hydrogen-bond donors (Lipinski definition) is 1. The SMILES string of the molecule is N#C/C(=C\c1ccccc1OCc1ccccc1Br)C(=O)Nc1ccc(Br)cc1. The van der Waals surface area contributed by atoms with Crippen LogP contribution >= 0.6 is 31.9 Å². The number of benzene rings is 3. The number of rotatable bonds is 6. The zero-order valence-corrected chi connectivity index (χ0v) is 18.4. The first-order valence-electron chi connectivity index (χ1n) is 8.71. The van der Waals surface area contributed by atoms with Gasteiger partial charge in [0.1, 0.15) is 24.0 Å². The molecular weight excluding hydrogens is 496 g/mol. The topological polar surface area (TPSA) is 62.1 Å². The molecule has 0 spiro atoms. The van der Waals surface area contributed by atoms with Crippen LogP contribution in [0.25, 0.3) is 6.08 Å². The Kier molecular flexibility index (Phi) is 7.23. The number of nitrogens with zero attached hydrogens (tertiary/aromatic N) is 1. The third-order valence-corrected chi connectivity index (χ3v) is 5.33. The van der Waals surface area contributed by atoms with Crippen molar-refractivity contribution in [3.05, 3.63) is 98.4 Å². The lowest BCUT2D eigenvalue weighted by Gasteiger charge is -2.11. The van der Waals surface area contributed by atoms with Crippen molar-refractivity contribution in [3.8, 4) is 11.8 Å². The first kappa shape index (κ1) is 20.8. The molecule has 0 radical (unpaired) electrons. The van der Waals surface area contributed by atoms with Gasteiger partial charge in [-0.25, -0.2) is 0 Å². The van der Waals surface area contributed by atoms with Crippen LogP contribution in [0.1, 0.15) is 11.1 Å². The lowest BCUT2D eigenvalue weighted by Crippen LogP contribution is -2.13. The van der Waals surface area contributed by atoms with Gasteiger partial charge >= 0.3 is 0 Å². The Labute approximate surface area is 186 Å². The molecule has 4 nitrogen and oxygen atoms in total. The molecule has 0 bridgehead atoms. The number of ether oxygens (including phenoxy) is 1. The first-order valence-corrected chi connectivity index (χ1v) is 10.3. The van der Waals surface area contributed by atoms with Crippen molar-refractivity contribution in [1.82, 2.24) is 0 Å². The smallest absolute Gasteiger partial charge is 0.266 e. The standard InChI is InChI=1S/C23H16Br2N2O2/c24-19-9-11-20(12-10-19)27-23(28)18(14-26)13-16-5-2-4-8-22(16)29-15-17-6-1-3-7-21(17)25/h1-13H,15H2,(H,27,28)/b18-13+. The summed E-state index contributed by atoms with van der Waals surface area (Å²) in [5.74, 6) is 0.114. The normalized spacial score (nSPS) is 10.9. The fourth-order valence-electron chi connectivity index (χ4n) is 2.54. The molecule has 0 aliphatic heterocycles. The molecule has 0 saturated carbocycles. The average molecular weight is 512 g/mol. The third kappa shape index (κ3) is 5.80. The molecule has 1 amide bonds. The molecule has 0 atom stereocenters. The maximum atomic E-state index is 12.5. The molecular formula is C23H16Br2N2O2. The van der Waals surface area contributed by atoms with Crippen LogP contribution in [-0.2, 0) is 11.4 Å². The number of halogens is 2. The highest BCUT2D eigenvalue weighted by Crippen LogP contribution is 2.24. The Morgan fingerprint density at radius 2 is 1.69 bits per heavy atom. The average Bonchev–Trinajstić information content (AvgIpc) is 2.73. The van der Waals surface area contributed by atoms with Gasteiger partial charge < -0.3 is 10.1 Å². The summed E-state index contributed by atoms with van der Waals surface area (Å²) >= 11 is 6.85. The maximum absolute atomic E-state index is 12.5. The molecule has 6 heteroatoms. The molecule has 29 heavy (non-hydrogen) atoms. The van der Waals surface area contributed by atoms with E-state index in [2.05, 4.69) is 37.2 Å². The van der Waals surface area contributed by atoms with E-state index in [1.54, 1.807) is 18.2 Å². The van der Waals surface area contributed by atoms with Crippen LogP contribution in [-0.4, -0.2) is 5.91 Å². The quantitative estimate of drug-likeness (QED) is 0.310. The van der Waals surface area contributed by atoms with Gasteiger partial charge in [0.05, 0.1) is 0 Å². The van der Waals surface area contributed by atoms with E-state index in [-0.39, 0.29) is 5.57 Å². The molecule has 0 heterocycles. The van der Waals surface area contributed by atoms with Crippen LogP contribution in [0.2, 0.25) is 0 Å². The zero-order chi connectivity index (χ0) is 20.6. The first-order chi connectivity index (χ1) is 14.1. The minimum absolute atomic E-state index is 0.00939. The molecule has 0 fully saturated rings. The predicted molar refractivity (Wildman–Crippen MR) is 121 cm³/mol. The molecule has 0 unspecified atom stereocenters. The van der Waals surface area contributed by atoms with Crippen LogP contribution in [0.15, 0.2) is 87.3 Å².